The lowest BCUT2D eigenvalue weighted by Crippen LogP contribution is -2.49. The molecule has 0 radical (unpaired) electrons. The number of anilines is 1. The van der Waals surface area contributed by atoms with Gasteiger partial charge in [0.15, 0.2) is 0 Å². The molecule has 1 aliphatic carbocycles. The fraction of sp³-hybridized carbons (Fsp3) is 0.364. The van der Waals surface area contributed by atoms with Crippen LogP contribution in [0.1, 0.15) is 19.3 Å². The van der Waals surface area contributed by atoms with Crippen molar-refractivity contribution in [3.05, 3.63) is 24.3 Å². The largest absolute Gasteiger partial charge is 0.399 e. The number of hydrogen-bond donors (Lipinski definition) is 2. The van der Waals surface area contributed by atoms with Crippen molar-refractivity contribution in [3.63, 3.8) is 0 Å². The maximum absolute atomic E-state index is 10.9. The predicted molar refractivity (Wildman–Crippen MR) is 62.5 cm³/mol. The van der Waals surface area contributed by atoms with Crippen LogP contribution in [-0.2, 0) is 4.79 Å². The topological polar surface area (TPSA) is 55.1 Å². The highest BCUT2D eigenvalue weighted by molar-refractivity contribution is 7.97. The van der Waals surface area contributed by atoms with Crippen LogP contribution in [0.25, 0.3) is 0 Å². The monoisotopic (exact) mass is 222 g/mol. The summed E-state index contributed by atoms with van der Waals surface area (Å²) in [6.07, 6.45) is 4.02. The van der Waals surface area contributed by atoms with Gasteiger partial charge in [0.05, 0.1) is 5.54 Å². The van der Waals surface area contributed by atoms with E-state index in [-0.39, 0.29) is 5.54 Å². The van der Waals surface area contributed by atoms with Crippen molar-refractivity contribution in [1.29, 1.82) is 0 Å². The third kappa shape index (κ3) is 2.33. The molecule has 3 nitrogen and oxygen atoms in total. The van der Waals surface area contributed by atoms with E-state index >= 15 is 0 Å². The Hall–Kier alpha value is -1.00. The highest BCUT2D eigenvalue weighted by Crippen LogP contribution is 2.33. The lowest BCUT2D eigenvalue weighted by atomic mass is 9.79. The molecule has 1 fully saturated rings. The summed E-state index contributed by atoms with van der Waals surface area (Å²) < 4.78 is 3.22. The molecule has 0 spiro atoms. The van der Waals surface area contributed by atoms with E-state index in [1.54, 1.807) is 0 Å². The molecule has 0 saturated heterocycles. The Morgan fingerprint density at radius 2 is 2.27 bits per heavy atom. The van der Waals surface area contributed by atoms with Crippen molar-refractivity contribution in [2.45, 2.75) is 29.7 Å². The normalized spacial score (nSPS) is 18.1. The lowest BCUT2D eigenvalue weighted by molar-refractivity contribution is -0.115. The Labute approximate surface area is 93.6 Å². The van der Waals surface area contributed by atoms with Gasteiger partial charge < -0.3 is 10.5 Å². The van der Waals surface area contributed by atoms with Gasteiger partial charge in [-0.15, -0.1) is 0 Å². The zero-order valence-corrected chi connectivity index (χ0v) is 9.22. The van der Waals surface area contributed by atoms with Gasteiger partial charge >= 0.3 is 0 Å². The Kier molecular flexibility index (Phi) is 2.98. The molecule has 0 unspecified atom stereocenters. The minimum Gasteiger partial charge on any atom is -0.399 e. The van der Waals surface area contributed by atoms with E-state index in [0.29, 0.717) is 0 Å². The molecule has 0 amide bonds. The molecule has 0 aromatic heterocycles. The molecule has 0 bridgehead atoms. The summed E-state index contributed by atoms with van der Waals surface area (Å²) in [5.74, 6) is 0. The number of nitrogens with two attached hydrogens (primary N) is 1. The molecule has 1 aliphatic rings. The average Bonchev–Trinajstić information content (AvgIpc) is 2.17. The van der Waals surface area contributed by atoms with Crippen molar-refractivity contribution in [1.82, 2.24) is 4.72 Å². The second-order valence-electron chi connectivity index (χ2n) is 3.90. The second kappa shape index (κ2) is 4.24. The summed E-state index contributed by atoms with van der Waals surface area (Å²) in [4.78, 5) is 11.9. The van der Waals surface area contributed by atoms with E-state index in [0.717, 1.165) is 36.1 Å². The molecular weight excluding hydrogens is 208 g/mol. The number of carbonyl (C=O) groups excluding carboxylic acids is 1. The zero-order valence-electron chi connectivity index (χ0n) is 8.40. The summed E-state index contributed by atoms with van der Waals surface area (Å²) in [5.41, 5.74) is 6.12. The molecule has 2 rings (SSSR count). The lowest BCUT2D eigenvalue weighted by Gasteiger charge is -2.36. The first kappa shape index (κ1) is 10.5. The first-order chi connectivity index (χ1) is 7.24. The predicted octanol–water partition coefficient (Wildman–Crippen LogP) is 1.99. The Balaban J connectivity index is 1.95. The van der Waals surface area contributed by atoms with Crippen molar-refractivity contribution in [2.75, 3.05) is 5.73 Å². The van der Waals surface area contributed by atoms with E-state index in [1.807, 2.05) is 24.3 Å². The van der Waals surface area contributed by atoms with Crippen LogP contribution in [0.3, 0.4) is 0 Å². The summed E-state index contributed by atoms with van der Waals surface area (Å²) >= 11 is 1.48. The van der Waals surface area contributed by atoms with Crippen LogP contribution in [0.4, 0.5) is 5.69 Å². The van der Waals surface area contributed by atoms with Gasteiger partial charge in [-0.25, -0.2) is 4.72 Å². The Bertz CT molecular complexity index is 363. The maximum atomic E-state index is 10.9. The first-order valence-electron chi connectivity index (χ1n) is 5.00. The standard InChI is InChI=1S/C11H14N2OS/c12-9-3-1-4-10(7-9)15-13-11(8-14)5-2-6-11/h1,3-4,7-8,13H,2,5-6,12H2. The highest BCUT2D eigenvalue weighted by atomic mass is 32.2. The Morgan fingerprint density at radius 3 is 2.80 bits per heavy atom. The summed E-state index contributed by atoms with van der Waals surface area (Å²) in [7, 11) is 0. The molecule has 0 atom stereocenters. The van der Waals surface area contributed by atoms with E-state index in [4.69, 9.17) is 5.73 Å². The number of rotatable bonds is 4. The fourth-order valence-electron chi connectivity index (χ4n) is 1.54. The van der Waals surface area contributed by atoms with Gasteiger partial charge in [-0.05, 0) is 49.4 Å². The van der Waals surface area contributed by atoms with Crippen molar-refractivity contribution < 1.29 is 4.79 Å². The van der Waals surface area contributed by atoms with E-state index < -0.39 is 0 Å². The molecule has 80 valence electrons. The number of aldehydes is 1. The van der Waals surface area contributed by atoms with Gasteiger partial charge in [-0.3, -0.25) is 0 Å². The molecule has 1 aromatic rings. The molecular formula is C11H14N2OS. The van der Waals surface area contributed by atoms with Gasteiger partial charge in [0.25, 0.3) is 0 Å². The molecule has 0 heterocycles. The van der Waals surface area contributed by atoms with Crippen LogP contribution in [0.2, 0.25) is 0 Å². The van der Waals surface area contributed by atoms with Crippen molar-refractivity contribution in [3.8, 4) is 0 Å². The van der Waals surface area contributed by atoms with Crippen LogP contribution < -0.4 is 10.5 Å². The molecule has 0 aliphatic heterocycles. The van der Waals surface area contributed by atoms with Crippen LogP contribution in [0, 0.1) is 0 Å². The van der Waals surface area contributed by atoms with Crippen LogP contribution in [-0.4, -0.2) is 11.8 Å². The summed E-state index contributed by atoms with van der Waals surface area (Å²) in [5, 5.41) is 0. The maximum Gasteiger partial charge on any atom is 0.140 e. The number of nitrogen functional groups attached to an aromatic ring is 1. The van der Waals surface area contributed by atoms with Crippen molar-refractivity contribution >= 4 is 23.9 Å². The van der Waals surface area contributed by atoms with Gasteiger partial charge in [0.2, 0.25) is 0 Å². The number of carbonyl (C=O) groups is 1. The number of hydrogen-bond acceptors (Lipinski definition) is 4. The third-order valence-electron chi connectivity index (χ3n) is 2.70. The molecule has 3 N–H and O–H groups in total. The highest BCUT2D eigenvalue weighted by Gasteiger charge is 2.36. The van der Waals surface area contributed by atoms with Gasteiger partial charge in [0.1, 0.15) is 6.29 Å². The molecule has 1 saturated carbocycles. The van der Waals surface area contributed by atoms with Gasteiger partial charge in [-0.1, -0.05) is 6.07 Å². The zero-order chi connectivity index (χ0) is 10.7. The minimum atomic E-state index is -0.296. The van der Waals surface area contributed by atoms with Crippen molar-refractivity contribution in [2.24, 2.45) is 0 Å². The average molecular weight is 222 g/mol. The second-order valence-corrected chi connectivity index (χ2v) is 4.78. The van der Waals surface area contributed by atoms with Crippen LogP contribution in [0.5, 0.6) is 0 Å². The summed E-state index contributed by atoms with van der Waals surface area (Å²) in [6.45, 7) is 0. The molecule has 1 aromatic carbocycles. The quantitative estimate of drug-likeness (QED) is 0.465. The van der Waals surface area contributed by atoms with E-state index in [9.17, 15) is 4.79 Å². The van der Waals surface area contributed by atoms with Gasteiger partial charge in [-0.2, -0.15) is 0 Å². The first-order valence-corrected chi connectivity index (χ1v) is 5.82. The SMILES string of the molecule is Nc1cccc(SNC2(C=O)CCC2)c1. The summed E-state index contributed by atoms with van der Waals surface area (Å²) in [6, 6.07) is 7.64. The number of nitrogens with one attached hydrogen (secondary N) is 1. The number of benzene rings is 1. The Morgan fingerprint density at radius 1 is 1.47 bits per heavy atom. The van der Waals surface area contributed by atoms with E-state index in [1.165, 1.54) is 11.9 Å². The van der Waals surface area contributed by atoms with Gasteiger partial charge in [0, 0.05) is 10.6 Å². The van der Waals surface area contributed by atoms with Crippen LogP contribution >= 0.6 is 11.9 Å². The molecule has 15 heavy (non-hydrogen) atoms. The minimum absolute atomic E-state index is 0.296. The molecule has 4 heteroatoms. The van der Waals surface area contributed by atoms with E-state index in [2.05, 4.69) is 4.72 Å². The smallest absolute Gasteiger partial charge is 0.140 e. The van der Waals surface area contributed by atoms with Crippen LogP contribution in [0.15, 0.2) is 29.2 Å². The third-order valence-corrected chi connectivity index (χ3v) is 3.70. The fourth-order valence-corrected chi connectivity index (χ4v) is 2.46.